The molecule has 0 bridgehead atoms. The molecule has 0 aliphatic rings. The minimum Gasteiger partial charge on any atom is -0.378 e. The van der Waals surface area contributed by atoms with Gasteiger partial charge in [-0.1, -0.05) is 0 Å². The number of hydrogen-bond donors (Lipinski definition) is 0. The zero-order chi connectivity index (χ0) is 8.27. The Balaban J connectivity index is 2.87. The molecule has 0 aromatic carbocycles. The number of ketones is 1. The first-order valence-electron chi connectivity index (χ1n) is 3.18. The SMILES string of the molecule is COCc1ncsc1C(C)=O. The van der Waals surface area contributed by atoms with E-state index < -0.39 is 0 Å². The van der Waals surface area contributed by atoms with Gasteiger partial charge in [-0.05, 0) is 0 Å². The molecule has 0 amide bonds. The highest BCUT2D eigenvalue weighted by Crippen LogP contribution is 2.14. The van der Waals surface area contributed by atoms with Crippen molar-refractivity contribution >= 4 is 17.1 Å². The molecule has 4 heteroatoms. The van der Waals surface area contributed by atoms with Crippen molar-refractivity contribution in [3.05, 3.63) is 16.1 Å². The third-order valence-corrected chi connectivity index (χ3v) is 2.21. The Morgan fingerprint density at radius 1 is 1.82 bits per heavy atom. The maximum Gasteiger partial charge on any atom is 0.171 e. The topological polar surface area (TPSA) is 39.2 Å². The number of hydrogen-bond acceptors (Lipinski definition) is 4. The first-order valence-corrected chi connectivity index (χ1v) is 4.06. The molecule has 0 N–H and O–H groups in total. The average Bonchev–Trinajstić information content (AvgIpc) is 2.36. The van der Waals surface area contributed by atoms with E-state index in [9.17, 15) is 4.79 Å². The van der Waals surface area contributed by atoms with E-state index in [1.807, 2.05) is 0 Å². The molecule has 0 atom stereocenters. The van der Waals surface area contributed by atoms with E-state index in [1.165, 1.54) is 18.3 Å². The van der Waals surface area contributed by atoms with Crippen molar-refractivity contribution in [2.45, 2.75) is 13.5 Å². The van der Waals surface area contributed by atoms with E-state index in [0.29, 0.717) is 11.5 Å². The minimum absolute atomic E-state index is 0.0551. The molecule has 1 rings (SSSR count). The predicted molar refractivity (Wildman–Crippen MR) is 42.8 cm³/mol. The lowest BCUT2D eigenvalue weighted by molar-refractivity contribution is 0.101. The smallest absolute Gasteiger partial charge is 0.171 e. The number of aromatic nitrogens is 1. The van der Waals surface area contributed by atoms with Crippen molar-refractivity contribution in [2.75, 3.05) is 7.11 Å². The fourth-order valence-corrected chi connectivity index (χ4v) is 1.49. The highest BCUT2D eigenvalue weighted by Gasteiger charge is 2.08. The van der Waals surface area contributed by atoms with Gasteiger partial charge < -0.3 is 4.74 Å². The lowest BCUT2D eigenvalue weighted by Crippen LogP contribution is -1.96. The normalized spacial score (nSPS) is 10.0. The monoisotopic (exact) mass is 171 g/mol. The zero-order valence-electron chi connectivity index (χ0n) is 6.46. The summed E-state index contributed by atoms with van der Waals surface area (Å²) in [5.41, 5.74) is 2.40. The fourth-order valence-electron chi connectivity index (χ4n) is 0.795. The summed E-state index contributed by atoms with van der Waals surface area (Å²) in [5, 5.41) is 0. The van der Waals surface area contributed by atoms with Gasteiger partial charge in [0.05, 0.1) is 22.7 Å². The van der Waals surface area contributed by atoms with Crippen LogP contribution in [0.3, 0.4) is 0 Å². The second-order valence-electron chi connectivity index (χ2n) is 2.12. The van der Waals surface area contributed by atoms with Crippen LogP contribution in [0.15, 0.2) is 5.51 Å². The Hall–Kier alpha value is -0.740. The Labute approximate surface area is 69.0 Å². The number of methoxy groups -OCH3 is 1. The molecule has 0 aliphatic heterocycles. The lowest BCUT2D eigenvalue weighted by Gasteiger charge is -1.95. The molecule has 0 fully saturated rings. The number of nitrogens with zero attached hydrogens (tertiary/aromatic N) is 1. The van der Waals surface area contributed by atoms with Crippen LogP contribution in [0.5, 0.6) is 0 Å². The molecule has 0 spiro atoms. The van der Waals surface area contributed by atoms with E-state index in [2.05, 4.69) is 4.98 Å². The lowest BCUT2D eigenvalue weighted by atomic mass is 10.3. The van der Waals surface area contributed by atoms with Gasteiger partial charge in [0.2, 0.25) is 0 Å². The van der Waals surface area contributed by atoms with Crippen LogP contribution in [0.1, 0.15) is 22.3 Å². The largest absolute Gasteiger partial charge is 0.378 e. The molecule has 0 saturated heterocycles. The van der Waals surface area contributed by atoms with Gasteiger partial charge in [0.1, 0.15) is 0 Å². The van der Waals surface area contributed by atoms with Crippen LogP contribution in [0.2, 0.25) is 0 Å². The third-order valence-electron chi connectivity index (χ3n) is 1.24. The summed E-state index contributed by atoms with van der Waals surface area (Å²) in [5.74, 6) is 0.0551. The Morgan fingerprint density at radius 2 is 2.55 bits per heavy atom. The second kappa shape index (κ2) is 3.59. The molecule has 0 saturated carbocycles. The summed E-state index contributed by atoms with van der Waals surface area (Å²) < 4.78 is 4.87. The summed E-state index contributed by atoms with van der Waals surface area (Å²) in [6.07, 6.45) is 0. The van der Waals surface area contributed by atoms with Crippen molar-refractivity contribution < 1.29 is 9.53 Å². The van der Waals surface area contributed by atoms with Gasteiger partial charge >= 0.3 is 0 Å². The van der Waals surface area contributed by atoms with Crippen molar-refractivity contribution in [2.24, 2.45) is 0 Å². The number of rotatable bonds is 3. The van der Waals surface area contributed by atoms with E-state index in [1.54, 1.807) is 12.6 Å². The number of carbonyl (C=O) groups excluding carboxylic acids is 1. The van der Waals surface area contributed by atoms with Crippen molar-refractivity contribution in [3.63, 3.8) is 0 Å². The minimum atomic E-state index is 0.0551. The second-order valence-corrected chi connectivity index (χ2v) is 2.97. The van der Waals surface area contributed by atoms with Crippen LogP contribution < -0.4 is 0 Å². The van der Waals surface area contributed by atoms with Crippen LogP contribution in [-0.2, 0) is 11.3 Å². The molecular formula is C7H9NO2S. The van der Waals surface area contributed by atoms with E-state index in [-0.39, 0.29) is 5.78 Å². The predicted octanol–water partition coefficient (Wildman–Crippen LogP) is 1.49. The van der Waals surface area contributed by atoms with Crippen molar-refractivity contribution in [1.82, 2.24) is 4.98 Å². The average molecular weight is 171 g/mol. The fraction of sp³-hybridized carbons (Fsp3) is 0.429. The standard InChI is InChI=1S/C7H9NO2S/c1-5(9)7-6(3-10-2)8-4-11-7/h4H,3H2,1-2H3. The summed E-state index contributed by atoms with van der Waals surface area (Å²) in [6.45, 7) is 1.95. The number of Topliss-reactive ketones (excluding diaryl/α,β-unsaturated/α-hetero) is 1. The van der Waals surface area contributed by atoms with E-state index in [0.717, 1.165) is 5.69 Å². The molecule has 11 heavy (non-hydrogen) atoms. The summed E-state index contributed by atoms with van der Waals surface area (Å²) in [7, 11) is 1.59. The third kappa shape index (κ3) is 1.85. The molecule has 3 nitrogen and oxygen atoms in total. The molecule has 0 unspecified atom stereocenters. The van der Waals surface area contributed by atoms with Gasteiger partial charge in [-0.15, -0.1) is 11.3 Å². The Morgan fingerprint density at radius 3 is 3.09 bits per heavy atom. The zero-order valence-corrected chi connectivity index (χ0v) is 7.27. The van der Waals surface area contributed by atoms with Crippen molar-refractivity contribution in [1.29, 1.82) is 0 Å². The summed E-state index contributed by atoms with van der Waals surface area (Å²) >= 11 is 1.36. The van der Waals surface area contributed by atoms with Crippen LogP contribution in [0.4, 0.5) is 0 Å². The molecular weight excluding hydrogens is 162 g/mol. The Bertz CT molecular complexity index is 257. The summed E-state index contributed by atoms with van der Waals surface area (Å²) in [4.78, 5) is 15.6. The van der Waals surface area contributed by atoms with Gasteiger partial charge in [-0.3, -0.25) is 4.79 Å². The van der Waals surface area contributed by atoms with Crippen LogP contribution in [-0.4, -0.2) is 17.9 Å². The molecule has 0 radical (unpaired) electrons. The molecule has 60 valence electrons. The van der Waals surface area contributed by atoms with Crippen LogP contribution >= 0.6 is 11.3 Å². The van der Waals surface area contributed by atoms with Gasteiger partial charge in [0, 0.05) is 14.0 Å². The van der Waals surface area contributed by atoms with Crippen LogP contribution in [0.25, 0.3) is 0 Å². The van der Waals surface area contributed by atoms with Gasteiger partial charge in [0.25, 0.3) is 0 Å². The van der Waals surface area contributed by atoms with Crippen molar-refractivity contribution in [3.8, 4) is 0 Å². The highest BCUT2D eigenvalue weighted by atomic mass is 32.1. The van der Waals surface area contributed by atoms with E-state index >= 15 is 0 Å². The quantitative estimate of drug-likeness (QED) is 0.647. The maximum atomic E-state index is 10.9. The number of ether oxygens (including phenoxy) is 1. The highest BCUT2D eigenvalue weighted by molar-refractivity contribution is 7.11. The Kier molecular flexibility index (Phi) is 2.73. The molecule has 0 aliphatic carbocycles. The van der Waals surface area contributed by atoms with E-state index in [4.69, 9.17) is 4.74 Å². The van der Waals surface area contributed by atoms with Crippen LogP contribution in [0, 0.1) is 0 Å². The molecule has 1 aromatic heterocycles. The van der Waals surface area contributed by atoms with Gasteiger partial charge in [-0.2, -0.15) is 0 Å². The summed E-state index contributed by atoms with van der Waals surface area (Å²) in [6, 6.07) is 0. The van der Waals surface area contributed by atoms with Gasteiger partial charge in [0.15, 0.2) is 5.78 Å². The van der Waals surface area contributed by atoms with Gasteiger partial charge in [-0.25, -0.2) is 4.98 Å². The number of carbonyl (C=O) groups is 1. The first-order chi connectivity index (χ1) is 5.25. The molecule has 1 heterocycles. The first kappa shape index (κ1) is 8.36. The number of thiazole rings is 1. The maximum absolute atomic E-state index is 10.9. The molecule has 1 aromatic rings.